The molecular weight excluding hydrogens is 181 g/mol. The van der Waals surface area contributed by atoms with Crippen molar-refractivity contribution >= 4 is 0 Å². The van der Waals surface area contributed by atoms with Gasteiger partial charge in [-0.05, 0) is 38.7 Å². The molecule has 0 spiro atoms. The molecule has 3 heteroatoms. The highest BCUT2D eigenvalue weighted by atomic mass is 19.1. The van der Waals surface area contributed by atoms with E-state index in [1.54, 1.807) is 12.1 Å². The van der Waals surface area contributed by atoms with E-state index in [4.69, 9.17) is 4.74 Å². The van der Waals surface area contributed by atoms with E-state index >= 15 is 0 Å². The molecule has 1 aromatic rings. The van der Waals surface area contributed by atoms with Crippen LogP contribution in [0.3, 0.4) is 0 Å². The molecule has 0 aliphatic heterocycles. The van der Waals surface area contributed by atoms with Gasteiger partial charge in [0.05, 0.1) is 6.61 Å². The maximum absolute atomic E-state index is 13.0. The van der Waals surface area contributed by atoms with Crippen LogP contribution in [0.15, 0.2) is 18.2 Å². The molecule has 0 atom stereocenters. The number of halogens is 1. The van der Waals surface area contributed by atoms with Gasteiger partial charge in [0.25, 0.3) is 0 Å². The lowest BCUT2D eigenvalue weighted by Gasteiger charge is -2.10. The minimum atomic E-state index is -0.350. The van der Waals surface area contributed by atoms with Gasteiger partial charge in [-0.2, -0.15) is 0 Å². The van der Waals surface area contributed by atoms with E-state index in [1.807, 2.05) is 14.1 Å². The van der Waals surface area contributed by atoms with Crippen LogP contribution in [0.1, 0.15) is 6.42 Å². The second kappa shape index (κ2) is 5.60. The predicted octanol–water partition coefficient (Wildman–Crippen LogP) is 1.96. The van der Waals surface area contributed by atoms with Gasteiger partial charge in [0.1, 0.15) is 0 Å². The van der Waals surface area contributed by atoms with Gasteiger partial charge in [0.15, 0.2) is 11.6 Å². The lowest BCUT2D eigenvalue weighted by Crippen LogP contribution is -2.15. The van der Waals surface area contributed by atoms with Crippen LogP contribution in [0, 0.1) is 11.9 Å². The molecule has 2 nitrogen and oxygen atoms in total. The fourth-order valence-electron chi connectivity index (χ4n) is 1.08. The quantitative estimate of drug-likeness (QED) is 0.667. The van der Waals surface area contributed by atoms with Crippen molar-refractivity contribution in [3.63, 3.8) is 0 Å². The molecule has 0 amide bonds. The molecule has 77 valence electrons. The van der Waals surface area contributed by atoms with E-state index in [9.17, 15) is 4.39 Å². The Balaban J connectivity index is 2.28. The summed E-state index contributed by atoms with van der Waals surface area (Å²) in [7, 11) is 4.00. The monoisotopic (exact) mass is 196 g/mol. The topological polar surface area (TPSA) is 12.5 Å². The number of hydrogen-bond donors (Lipinski definition) is 0. The third-order valence-electron chi connectivity index (χ3n) is 1.78. The van der Waals surface area contributed by atoms with Crippen LogP contribution in [0.25, 0.3) is 0 Å². The zero-order valence-corrected chi connectivity index (χ0v) is 8.59. The first-order valence-electron chi connectivity index (χ1n) is 4.63. The van der Waals surface area contributed by atoms with Crippen molar-refractivity contribution in [2.45, 2.75) is 6.42 Å². The molecule has 0 saturated heterocycles. The van der Waals surface area contributed by atoms with Gasteiger partial charge in [-0.15, -0.1) is 0 Å². The van der Waals surface area contributed by atoms with Gasteiger partial charge in [0.2, 0.25) is 0 Å². The summed E-state index contributed by atoms with van der Waals surface area (Å²) >= 11 is 0. The summed E-state index contributed by atoms with van der Waals surface area (Å²) in [6, 6.07) is 7.16. The zero-order chi connectivity index (χ0) is 10.4. The van der Waals surface area contributed by atoms with E-state index in [0.717, 1.165) is 13.0 Å². The Kier molecular flexibility index (Phi) is 4.40. The van der Waals surface area contributed by atoms with E-state index in [1.165, 1.54) is 6.07 Å². The predicted molar refractivity (Wildman–Crippen MR) is 53.9 cm³/mol. The van der Waals surface area contributed by atoms with Crippen LogP contribution in [-0.2, 0) is 0 Å². The first kappa shape index (κ1) is 11.0. The van der Waals surface area contributed by atoms with Gasteiger partial charge in [-0.25, -0.2) is 4.39 Å². The Morgan fingerprint density at radius 1 is 1.50 bits per heavy atom. The first-order chi connectivity index (χ1) is 6.70. The van der Waals surface area contributed by atoms with Crippen LogP contribution in [0.5, 0.6) is 5.75 Å². The third-order valence-corrected chi connectivity index (χ3v) is 1.78. The van der Waals surface area contributed by atoms with Gasteiger partial charge in [-0.3, -0.25) is 0 Å². The summed E-state index contributed by atoms with van der Waals surface area (Å²) in [6.45, 7) is 1.49. The van der Waals surface area contributed by atoms with E-state index < -0.39 is 0 Å². The van der Waals surface area contributed by atoms with Crippen molar-refractivity contribution in [3.05, 3.63) is 30.1 Å². The number of ether oxygens (including phenoxy) is 1. The van der Waals surface area contributed by atoms with Crippen molar-refractivity contribution in [2.24, 2.45) is 0 Å². The highest BCUT2D eigenvalue weighted by Gasteiger charge is 2.00. The van der Waals surface area contributed by atoms with E-state index in [2.05, 4.69) is 11.0 Å². The molecule has 0 fully saturated rings. The van der Waals surface area contributed by atoms with Crippen molar-refractivity contribution in [3.8, 4) is 5.75 Å². The Bertz CT molecular complexity index is 276. The molecule has 0 saturated carbocycles. The standard InChI is InChI=1S/C11H15FNO/c1-13(2)8-5-9-14-11-7-4-3-6-10(11)12/h4,6-7H,5,8-9H2,1-2H3. The Labute approximate surface area is 84.3 Å². The summed E-state index contributed by atoms with van der Waals surface area (Å²) in [5.74, 6) is -0.0418. The fraction of sp³-hybridized carbons (Fsp3) is 0.455. The summed E-state index contributed by atoms with van der Waals surface area (Å²) in [5.41, 5.74) is 0. The molecule has 1 radical (unpaired) electrons. The number of nitrogens with zero attached hydrogens (tertiary/aromatic N) is 1. The average molecular weight is 196 g/mol. The Morgan fingerprint density at radius 3 is 2.93 bits per heavy atom. The first-order valence-corrected chi connectivity index (χ1v) is 4.63. The number of hydrogen-bond acceptors (Lipinski definition) is 2. The van der Waals surface area contributed by atoms with Crippen LogP contribution in [-0.4, -0.2) is 32.1 Å². The molecule has 0 heterocycles. The molecular formula is C11H15FNO. The van der Waals surface area contributed by atoms with E-state index in [0.29, 0.717) is 12.4 Å². The molecule has 1 rings (SSSR count). The van der Waals surface area contributed by atoms with E-state index in [-0.39, 0.29) is 5.82 Å². The summed E-state index contributed by atoms with van der Waals surface area (Å²) in [6.07, 6.45) is 0.894. The van der Waals surface area contributed by atoms with Crippen LogP contribution < -0.4 is 4.74 Å². The smallest absolute Gasteiger partial charge is 0.165 e. The fourth-order valence-corrected chi connectivity index (χ4v) is 1.08. The van der Waals surface area contributed by atoms with Crippen LogP contribution in [0.2, 0.25) is 0 Å². The Hall–Kier alpha value is -1.09. The maximum Gasteiger partial charge on any atom is 0.165 e. The minimum Gasteiger partial charge on any atom is -0.490 e. The van der Waals surface area contributed by atoms with Crippen molar-refractivity contribution in [1.29, 1.82) is 0 Å². The third kappa shape index (κ3) is 3.75. The summed E-state index contributed by atoms with van der Waals surface area (Å²) in [5, 5.41) is 0. The maximum atomic E-state index is 13.0. The molecule has 0 bridgehead atoms. The summed E-state index contributed by atoms with van der Waals surface area (Å²) < 4.78 is 18.3. The van der Waals surface area contributed by atoms with Gasteiger partial charge in [-0.1, -0.05) is 6.07 Å². The van der Waals surface area contributed by atoms with Crippen LogP contribution >= 0.6 is 0 Å². The SMILES string of the molecule is CN(C)CCCOc1cc[c]cc1F. The zero-order valence-electron chi connectivity index (χ0n) is 8.59. The highest BCUT2D eigenvalue weighted by molar-refractivity contribution is 5.22. The molecule has 0 N–H and O–H groups in total. The molecule has 0 unspecified atom stereocenters. The second-order valence-electron chi connectivity index (χ2n) is 3.36. The van der Waals surface area contributed by atoms with Crippen molar-refractivity contribution in [1.82, 2.24) is 4.90 Å². The molecule has 0 aromatic heterocycles. The lowest BCUT2D eigenvalue weighted by atomic mass is 10.3. The number of benzene rings is 1. The molecule has 0 aliphatic rings. The summed E-state index contributed by atoms with van der Waals surface area (Å²) in [4.78, 5) is 2.07. The number of rotatable bonds is 5. The van der Waals surface area contributed by atoms with Crippen molar-refractivity contribution in [2.75, 3.05) is 27.2 Å². The highest BCUT2D eigenvalue weighted by Crippen LogP contribution is 2.14. The van der Waals surface area contributed by atoms with Gasteiger partial charge in [0, 0.05) is 6.54 Å². The second-order valence-corrected chi connectivity index (χ2v) is 3.36. The van der Waals surface area contributed by atoms with Crippen LogP contribution in [0.4, 0.5) is 4.39 Å². The van der Waals surface area contributed by atoms with Crippen molar-refractivity contribution < 1.29 is 9.13 Å². The molecule has 1 aromatic carbocycles. The van der Waals surface area contributed by atoms with Gasteiger partial charge < -0.3 is 9.64 Å². The normalized spacial score (nSPS) is 10.6. The van der Waals surface area contributed by atoms with Gasteiger partial charge >= 0.3 is 0 Å². The molecule has 0 aliphatic carbocycles. The lowest BCUT2D eigenvalue weighted by molar-refractivity contribution is 0.271. The Morgan fingerprint density at radius 2 is 2.29 bits per heavy atom. The average Bonchev–Trinajstić information content (AvgIpc) is 2.15. The minimum absolute atomic E-state index is 0.308. The largest absolute Gasteiger partial charge is 0.490 e. The molecule has 14 heavy (non-hydrogen) atoms.